The van der Waals surface area contributed by atoms with Crippen molar-refractivity contribution in [2.24, 2.45) is 13.0 Å². The van der Waals surface area contributed by atoms with E-state index in [1.807, 2.05) is 25.5 Å². The maximum atomic E-state index is 11.7. The van der Waals surface area contributed by atoms with E-state index in [0.29, 0.717) is 5.92 Å². The lowest BCUT2D eigenvalue weighted by Crippen LogP contribution is -2.42. The molecule has 2 atom stereocenters. The quantitative estimate of drug-likeness (QED) is 0.780. The van der Waals surface area contributed by atoms with Gasteiger partial charge in [-0.1, -0.05) is 13.8 Å². The summed E-state index contributed by atoms with van der Waals surface area (Å²) in [4.78, 5) is 11.7. The molecule has 0 aliphatic heterocycles. The lowest BCUT2D eigenvalue weighted by molar-refractivity contribution is -0.121. The zero-order valence-electron chi connectivity index (χ0n) is 11.8. The van der Waals surface area contributed by atoms with Crippen molar-refractivity contribution in [2.45, 2.75) is 39.8 Å². The second-order valence-corrected chi connectivity index (χ2v) is 5.00. The van der Waals surface area contributed by atoms with Crippen molar-refractivity contribution in [1.29, 1.82) is 0 Å². The fourth-order valence-corrected chi connectivity index (χ4v) is 1.49. The first-order valence-corrected chi connectivity index (χ1v) is 6.28. The van der Waals surface area contributed by atoms with Gasteiger partial charge in [0.05, 0.1) is 12.6 Å². The summed E-state index contributed by atoms with van der Waals surface area (Å²) >= 11 is 0. The Balaban J connectivity index is 2.37. The van der Waals surface area contributed by atoms with E-state index in [2.05, 4.69) is 34.7 Å². The molecule has 0 saturated carbocycles. The Morgan fingerprint density at radius 3 is 2.56 bits per heavy atom. The van der Waals surface area contributed by atoms with Gasteiger partial charge in [0, 0.05) is 13.1 Å². The number of nitrogens with one attached hydrogen (secondary N) is 2. The van der Waals surface area contributed by atoms with Crippen molar-refractivity contribution >= 4 is 5.91 Å². The standard InChI is InChI=1S/C12H23N5O/c1-8(2)9(3)15-11(18)6-13-10(4)12-16-14-7-17(12)5/h7-10,13H,6H2,1-5H3,(H,15,18). The second-order valence-electron chi connectivity index (χ2n) is 5.00. The molecule has 2 N–H and O–H groups in total. The Morgan fingerprint density at radius 1 is 1.39 bits per heavy atom. The monoisotopic (exact) mass is 253 g/mol. The number of nitrogens with zero attached hydrogens (tertiary/aromatic N) is 3. The molecule has 6 nitrogen and oxygen atoms in total. The summed E-state index contributed by atoms with van der Waals surface area (Å²) in [5, 5.41) is 13.9. The molecule has 0 saturated heterocycles. The molecule has 0 bridgehead atoms. The molecule has 0 aromatic carbocycles. The third kappa shape index (κ3) is 4.10. The number of hydrogen-bond donors (Lipinski definition) is 2. The number of hydrogen-bond acceptors (Lipinski definition) is 4. The largest absolute Gasteiger partial charge is 0.352 e. The zero-order valence-corrected chi connectivity index (χ0v) is 11.8. The van der Waals surface area contributed by atoms with Crippen LogP contribution in [0.3, 0.4) is 0 Å². The van der Waals surface area contributed by atoms with Gasteiger partial charge >= 0.3 is 0 Å². The molecule has 1 heterocycles. The van der Waals surface area contributed by atoms with Crippen LogP contribution in [0.2, 0.25) is 0 Å². The second kappa shape index (κ2) is 6.49. The number of aryl methyl sites for hydroxylation is 1. The van der Waals surface area contributed by atoms with Crippen molar-refractivity contribution in [3.05, 3.63) is 12.2 Å². The fourth-order valence-electron chi connectivity index (χ4n) is 1.49. The van der Waals surface area contributed by atoms with Gasteiger partial charge in [0.15, 0.2) is 0 Å². The molecule has 1 rings (SSSR count). The van der Waals surface area contributed by atoms with E-state index in [0.717, 1.165) is 5.82 Å². The molecule has 0 fully saturated rings. The van der Waals surface area contributed by atoms with Crippen LogP contribution in [0.4, 0.5) is 0 Å². The van der Waals surface area contributed by atoms with Crippen LogP contribution in [0.25, 0.3) is 0 Å². The predicted molar refractivity (Wildman–Crippen MR) is 69.9 cm³/mol. The fraction of sp³-hybridized carbons (Fsp3) is 0.750. The first kappa shape index (κ1) is 14.6. The molecule has 1 aromatic heterocycles. The van der Waals surface area contributed by atoms with Gasteiger partial charge in [0.25, 0.3) is 0 Å². The maximum absolute atomic E-state index is 11.7. The van der Waals surface area contributed by atoms with Crippen LogP contribution in [0.5, 0.6) is 0 Å². The van der Waals surface area contributed by atoms with Crippen molar-refractivity contribution in [2.75, 3.05) is 6.54 Å². The van der Waals surface area contributed by atoms with Crippen molar-refractivity contribution < 1.29 is 4.79 Å². The topological polar surface area (TPSA) is 71.8 Å². The summed E-state index contributed by atoms with van der Waals surface area (Å²) in [5.41, 5.74) is 0. The summed E-state index contributed by atoms with van der Waals surface area (Å²) in [6, 6.07) is 0.182. The van der Waals surface area contributed by atoms with E-state index in [1.165, 1.54) is 0 Å². The summed E-state index contributed by atoms with van der Waals surface area (Å²) in [5.74, 6) is 1.26. The first-order chi connectivity index (χ1) is 8.41. The van der Waals surface area contributed by atoms with E-state index in [1.54, 1.807) is 6.33 Å². The molecular formula is C12H23N5O. The molecule has 0 aliphatic carbocycles. The molecule has 0 aliphatic rings. The number of rotatable bonds is 6. The van der Waals surface area contributed by atoms with Gasteiger partial charge in [-0.15, -0.1) is 10.2 Å². The number of aromatic nitrogens is 3. The van der Waals surface area contributed by atoms with Crippen molar-refractivity contribution in [1.82, 2.24) is 25.4 Å². The van der Waals surface area contributed by atoms with Crippen LogP contribution in [0.1, 0.15) is 39.6 Å². The predicted octanol–water partition coefficient (Wildman–Crippen LogP) is 0.626. The first-order valence-electron chi connectivity index (χ1n) is 6.28. The Hall–Kier alpha value is -1.43. The van der Waals surface area contributed by atoms with Gasteiger partial charge in [0.2, 0.25) is 5.91 Å². The minimum atomic E-state index is -0.00222. The molecule has 18 heavy (non-hydrogen) atoms. The van der Waals surface area contributed by atoms with Crippen LogP contribution < -0.4 is 10.6 Å². The van der Waals surface area contributed by atoms with E-state index in [-0.39, 0.29) is 24.5 Å². The highest BCUT2D eigenvalue weighted by molar-refractivity contribution is 5.78. The molecule has 6 heteroatoms. The summed E-state index contributed by atoms with van der Waals surface area (Å²) < 4.78 is 1.84. The molecule has 1 aromatic rings. The highest BCUT2D eigenvalue weighted by Gasteiger charge is 2.14. The van der Waals surface area contributed by atoms with Gasteiger partial charge in [-0.05, 0) is 19.8 Å². The Labute approximate surface area is 108 Å². The lowest BCUT2D eigenvalue weighted by Gasteiger charge is -2.18. The van der Waals surface area contributed by atoms with Crippen molar-refractivity contribution in [3.63, 3.8) is 0 Å². The van der Waals surface area contributed by atoms with Gasteiger partial charge in [0.1, 0.15) is 12.2 Å². The highest BCUT2D eigenvalue weighted by Crippen LogP contribution is 2.06. The summed E-state index contributed by atoms with van der Waals surface area (Å²) in [7, 11) is 1.88. The number of carbonyl (C=O) groups excluding carboxylic acids is 1. The van der Waals surface area contributed by atoms with Gasteiger partial charge in [-0.25, -0.2) is 0 Å². The lowest BCUT2D eigenvalue weighted by atomic mass is 10.1. The van der Waals surface area contributed by atoms with Gasteiger partial charge in [-0.3, -0.25) is 10.1 Å². The van der Waals surface area contributed by atoms with Gasteiger partial charge < -0.3 is 9.88 Å². The third-order valence-electron chi connectivity index (χ3n) is 3.09. The maximum Gasteiger partial charge on any atom is 0.234 e. The van der Waals surface area contributed by atoms with Gasteiger partial charge in [-0.2, -0.15) is 0 Å². The zero-order chi connectivity index (χ0) is 13.7. The van der Waals surface area contributed by atoms with Crippen LogP contribution in [0, 0.1) is 5.92 Å². The van der Waals surface area contributed by atoms with Crippen LogP contribution in [0.15, 0.2) is 6.33 Å². The minimum Gasteiger partial charge on any atom is -0.352 e. The third-order valence-corrected chi connectivity index (χ3v) is 3.09. The Kier molecular flexibility index (Phi) is 5.27. The summed E-state index contributed by atoms with van der Waals surface area (Å²) in [6.07, 6.45) is 1.65. The van der Waals surface area contributed by atoms with E-state index in [9.17, 15) is 4.79 Å². The van der Waals surface area contributed by atoms with E-state index >= 15 is 0 Å². The molecule has 0 radical (unpaired) electrons. The minimum absolute atomic E-state index is 0.00222. The van der Waals surface area contributed by atoms with Crippen molar-refractivity contribution in [3.8, 4) is 0 Å². The molecule has 0 spiro atoms. The summed E-state index contributed by atoms with van der Waals surface area (Å²) in [6.45, 7) is 8.42. The van der Waals surface area contributed by atoms with Crippen LogP contribution >= 0.6 is 0 Å². The smallest absolute Gasteiger partial charge is 0.234 e. The highest BCUT2D eigenvalue weighted by atomic mass is 16.1. The van der Waals surface area contributed by atoms with E-state index in [4.69, 9.17) is 0 Å². The number of carbonyl (C=O) groups is 1. The van der Waals surface area contributed by atoms with E-state index < -0.39 is 0 Å². The average Bonchev–Trinajstić information content (AvgIpc) is 2.72. The molecule has 1 amide bonds. The molecule has 2 unspecified atom stereocenters. The molecular weight excluding hydrogens is 230 g/mol. The Bertz CT molecular complexity index is 388. The van der Waals surface area contributed by atoms with Crippen LogP contribution in [-0.2, 0) is 11.8 Å². The SMILES string of the molecule is CC(NCC(=O)NC(C)C(C)C)c1nncn1C. The average molecular weight is 253 g/mol. The number of amides is 1. The van der Waals surface area contributed by atoms with Crippen LogP contribution in [-0.4, -0.2) is 33.3 Å². The molecule has 102 valence electrons. The normalized spacial score (nSPS) is 14.6. The Morgan fingerprint density at radius 2 is 2.06 bits per heavy atom.